The van der Waals surface area contributed by atoms with E-state index in [9.17, 15) is 23.9 Å². The Kier molecular flexibility index (Phi) is 11.5. The van der Waals surface area contributed by atoms with E-state index in [0.717, 1.165) is 11.1 Å². The third-order valence-electron chi connectivity index (χ3n) is 5.24. The summed E-state index contributed by atoms with van der Waals surface area (Å²) in [6.07, 6.45) is 3.09. The van der Waals surface area contributed by atoms with Gasteiger partial charge in [0.15, 0.2) is 0 Å². The van der Waals surface area contributed by atoms with Crippen molar-refractivity contribution in [2.45, 2.75) is 89.5 Å². The van der Waals surface area contributed by atoms with Crippen molar-refractivity contribution in [1.29, 1.82) is 0 Å². The summed E-state index contributed by atoms with van der Waals surface area (Å²) in [6.45, 7) is 7.66. The number of carbonyl (C=O) groups is 1. The molecule has 1 aromatic carbocycles. The molecule has 0 aromatic heterocycles. The summed E-state index contributed by atoms with van der Waals surface area (Å²) in [7, 11) is 0. The van der Waals surface area contributed by atoms with Crippen LogP contribution in [0.4, 0.5) is 5.69 Å². The van der Waals surface area contributed by atoms with Crippen LogP contribution in [-0.4, -0.2) is 53.4 Å². The topological polar surface area (TPSA) is 136 Å². The molecule has 8 nitrogen and oxygen atoms in total. The van der Waals surface area contributed by atoms with Crippen LogP contribution in [0.3, 0.4) is 0 Å². The number of hydrogen-bond acceptors (Lipinski definition) is 8. The Balaban J connectivity index is 0.000000616. The van der Waals surface area contributed by atoms with Gasteiger partial charge in [0.05, 0.1) is 6.10 Å². The van der Waals surface area contributed by atoms with Crippen molar-refractivity contribution in [1.82, 2.24) is 5.06 Å². The lowest BCUT2D eigenvalue weighted by Gasteiger charge is -2.50. The summed E-state index contributed by atoms with van der Waals surface area (Å²) in [5.41, 5.74) is 5.24. The molecule has 9 heteroatoms. The van der Waals surface area contributed by atoms with E-state index in [-0.39, 0.29) is 18.5 Å². The Morgan fingerprint density at radius 1 is 1.25 bits per heavy atom. The number of esters is 1. The van der Waals surface area contributed by atoms with Crippen LogP contribution in [0.5, 0.6) is 0 Å². The molecular weight excluding hydrogens is 432 g/mol. The van der Waals surface area contributed by atoms with Crippen molar-refractivity contribution in [2.75, 3.05) is 5.73 Å². The molecule has 0 radical (unpaired) electrons. The maximum absolute atomic E-state index is 12.0. The number of hydroxylamine groups is 2. The number of aliphatic hydroxyl groups excluding tert-OH is 1. The van der Waals surface area contributed by atoms with Gasteiger partial charge < -0.3 is 25.3 Å². The van der Waals surface area contributed by atoms with Crippen molar-refractivity contribution in [3.63, 3.8) is 0 Å². The first-order valence-electron chi connectivity index (χ1n) is 10.8. The Hall–Kier alpha value is -1.78. The maximum Gasteiger partial charge on any atom is 0.306 e. The van der Waals surface area contributed by atoms with Gasteiger partial charge >= 0.3 is 5.97 Å². The second-order valence-corrected chi connectivity index (χ2v) is 10.1. The van der Waals surface area contributed by atoms with E-state index in [0.29, 0.717) is 32.1 Å². The number of ether oxygens (including phenoxy) is 1. The lowest BCUT2D eigenvalue weighted by molar-refractivity contribution is -0.259. The average molecular weight is 470 g/mol. The molecule has 0 saturated carbocycles. The molecule has 1 aliphatic heterocycles. The van der Waals surface area contributed by atoms with Crippen LogP contribution in [0.1, 0.15) is 66.2 Å². The van der Waals surface area contributed by atoms with Gasteiger partial charge in [0.25, 0.3) is 0 Å². The standard InChI is InChI=1S/C17H31NO6S.C6H7N/c1-16(2)11-14(12-17(3,4)18(16)21)24-15(20)8-6-5-7-13(19)9-10-25(22)23;7-6-4-2-1-3-5-6/h9-10,13-14,19,21H,5-8,11-12H2,1-4H3,(H,22,23);1-5H,7H2/p-1/b10-9+;. The molecule has 1 heterocycles. The summed E-state index contributed by atoms with van der Waals surface area (Å²) in [5, 5.41) is 22.1. The molecule has 0 spiro atoms. The van der Waals surface area contributed by atoms with Crippen molar-refractivity contribution < 1.29 is 28.6 Å². The predicted molar refractivity (Wildman–Crippen MR) is 124 cm³/mol. The minimum Gasteiger partial charge on any atom is -0.769 e. The van der Waals surface area contributed by atoms with Crippen LogP contribution < -0.4 is 5.73 Å². The fourth-order valence-electron chi connectivity index (χ4n) is 3.83. The second-order valence-electron chi connectivity index (χ2n) is 9.27. The number of aliphatic hydroxyl groups is 1. The molecule has 1 fully saturated rings. The number of nitrogens with zero attached hydrogens (tertiary/aromatic N) is 1. The SMILES string of the molecule is CC1(C)CC(OC(=O)CCCCC(O)/C=C/S(=O)[O-])CC(C)(C)N1O.Nc1ccccc1. The number of rotatable bonds is 8. The number of nitrogens with two attached hydrogens (primary N) is 1. The van der Waals surface area contributed by atoms with Crippen LogP contribution in [-0.2, 0) is 20.6 Å². The number of piperidine rings is 1. The highest BCUT2D eigenvalue weighted by Crippen LogP contribution is 2.38. The van der Waals surface area contributed by atoms with Gasteiger partial charge in [-0.3, -0.25) is 9.00 Å². The van der Waals surface area contributed by atoms with Gasteiger partial charge in [-0.15, -0.1) is 0 Å². The van der Waals surface area contributed by atoms with E-state index < -0.39 is 28.3 Å². The van der Waals surface area contributed by atoms with E-state index in [1.54, 1.807) is 0 Å². The Labute approximate surface area is 193 Å². The normalized spacial score (nSPS) is 20.2. The smallest absolute Gasteiger partial charge is 0.306 e. The van der Waals surface area contributed by atoms with Crippen molar-refractivity contribution in [2.24, 2.45) is 0 Å². The molecular formula is C23H37N2O6S-. The average Bonchev–Trinajstić information content (AvgIpc) is 2.68. The molecule has 0 aliphatic carbocycles. The summed E-state index contributed by atoms with van der Waals surface area (Å²) in [4.78, 5) is 12.0. The van der Waals surface area contributed by atoms with Gasteiger partial charge in [-0.25, -0.2) is 0 Å². The van der Waals surface area contributed by atoms with E-state index in [1.807, 2.05) is 58.0 Å². The van der Waals surface area contributed by atoms with E-state index in [1.165, 1.54) is 11.1 Å². The fourth-order valence-corrected chi connectivity index (χ4v) is 4.14. The van der Waals surface area contributed by atoms with Crippen molar-refractivity contribution >= 4 is 22.7 Å². The Bertz CT molecular complexity index is 736. The number of carbonyl (C=O) groups excluding carboxylic acids is 1. The molecule has 2 rings (SSSR count). The lowest BCUT2D eigenvalue weighted by Crippen LogP contribution is -2.60. The summed E-state index contributed by atoms with van der Waals surface area (Å²) in [5.74, 6) is -0.284. The summed E-state index contributed by atoms with van der Waals surface area (Å²) in [6, 6.07) is 9.49. The van der Waals surface area contributed by atoms with Gasteiger partial charge in [0, 0.05) is 36.0 Å². The third kappa shape index (κ3) is 10.7. The molecule has 2 atom stereocenters. The molecule has 4 N–H and O–H groups in total. The zero-order valence-corrected chi connectivity index (χ0v) is 20.2. The van der Waals surface area contributed by atoms with Gasteiger partial charge in [-0.2, -0.15) is 5.06 Å². The quantitative estimate of drug-likeness (QED) is 0.228. The Morgan fingerprint density at radius 2 is 1.81 bits per heavy atom. The molecule has 1 aliphatic rings. The number of nitrogen functional groups attached to an aromatic ring is 1. The first-order chi connectivity index (χ1) is 14.8. The van der Waals surface area contributed by atoms with E-state index in [4.69, 9.17) is 10.5 Å². The zero-order valence-electron chi connectivity index (χ0n) is 19.4. The zero-order chi connectivity index (χ0) is 24.4. The summed E-state index contributed by atoms with van der Waals surface area (Å²) < 4.78 is 26.3. The Morgan fingerprint density at radius 3 is 2.28 bits per heavy atom. The number of unbranched alkanes of at least 4 members (excludes halogenated alkanes) is 1. The molecule has 2 unspecified atom stereocenters. The van der Waals surface area contributed by atoms with Gasteiger partial charge in [0.1, 0.15) is 6.10 Å². The van der Waals surface area contributed by atoms with Gasteiger partial charge in [-0.1, -0.05) is 18.2 Å². The number of benzene rings is 1. The first kappa shape index (κ1) is 28.3. The van der Waals surface area contributed by atoms with E-state index >= 15 is 0 Å². The van der Waals surface area contributed by atoms with Crippen LogP contribution in [0.2, 0.25) is 0 Å². The highest BCUT2D eigenvalue weighted by Gasteiger charge is 2.46. The minimum atomic E-state index is -2.31. The molecule has 182 valence electrons. The number of anilines is 1. The largest absolute Gasteiger partial charge is 0.769 e. The van der Waals surface area contributed by atoms with Crippen LogP contribution >= 0.6 is 0 Å². The van der Waals surface area contributed by atoms with Gasteiger partial charge in [-0.05, 0) is 81.7 Å². The van der Waals surface area contributed by atoms with Crippen LogP contribution in [0, 0.1) is 0 Å². The number of para-hydroxylation sites is 1. The highest BCUT2D eigenvalue weighted by molar-refractivity contribution is 7.82. The highest BCUT2D eigenvalue weighted by atomic mass is 32.2. The molecule has 32 heavy (non-hydrogen) atoms. The number of hydrogen-bond donors (Lipinski definition) is 3. The predicted octanol–water partition coefficient (Wildman–Crippen LogP) is 3.52. The van der Waals surface area contributed by atoms with Crippen LogP contribution in [0.15, 0.2) is 41.8 Å². The lowest BCUT2D eigenvalue weighted by atomic mass is 9.80. The molecule has 0 bridgehead atoms. The minimum absolute atomic E-state index is 0.235. The van der Waals surface area contributed by atoms with Crippen LogP contribution in [0.25, 0.3) is 0 Å². The second kappa shape index (κ2) is 13.1. The first-order valence-corrected chi connectivity index (χ1v) is 11.9. The van der Waals surface area contributed by atoms with Gasteiger partial charge in [0.2, 0.25) is 0 Å². The maximum atomic E-state index is 12.0. The molecule has 1 saturated heterocycles. The van der Waals surface area contributed by atoms with E-state index in [2.05, 4.69) is 0 Å². The van der Waals surface area contributed by atoms with Crippen molar-refractivity contribution in [3.8, 4) is 0 Å². The molecule has 1 aromatic rings. The summed E-state index contributed by atoms with van der Waals surface area (Å²) >= 11 is -2.31. The fraction of sp³-hybridized carbons (Fsp3) is 0.609. The third-order valence-corrected chi connectivity index (χ3v) is 5.62. The van der Waals surface area contributed by atoms with Crippen molar-refractivity contribution in [3.05, 3.63) is 41.8 Å². The monoisotopic (exact) mass is 469 g/mol. The molecule has 0 amide bonds.